The second-order valence-corrected chi connectivity index (χ2v) is 4.85. The van der Waals surface area contributed by atoms with Crippen molar-refractivity contribution in [2.45, 2.75) is 31.4 Å². The summed E-state index contributed by atoms with van der Waals surface area (Å²) in [4.78, 5) is 0. The summed E-state index contributed by atoms with van der Waals surface area (Å²) in [7, 11) is 0. The Kier molecular flexibility index (Phi) is 4.62. The van der Waals surface area contributed by atoms with Gasteiger partial charge in [0.1, 0.15) is 0 Å². The Balaban J connectivity index is 0.00000128. The summed E-state index contributed by atoms with van der Waals surface area (Å²) in [6.45, 7) is 2.96. The molecule has 0 aromatic heterocycles. The Morgan fingerprint density at radius 3 is 2.88 bits per heavy atom. The second-order valence-electron chi connectivity index (χ2n) is 4.42. The molecule has 2 rings (SSSR count). The highest BCUT2D eigenvalue weighted by Gasteiger charge is 2.32. The second kappa shape index (κ2) is 5.37. The van der Waals surface area contributed by atoms with E-state index in [-0.39, 0.29) is 24.0 Å². The zero-order valence-corrected chi connectivity index (χ0v) is 10.8. The minimum absolute atomic E-state index is 0. The van der Waals surface area contributed by atoms with Crippen molar-refractivity contribution < 1.29 is 5.11 Å². The number of nitrogens with one attached hydrogen (secondary N) is 1. The third kappa shape index (κ3) is 2.89. The number of hydrogen-bond acceptors (Lipinski definition) is 2. The van der Waals surface area contributed by atoms with Crippen LogP contribution in [-0.2, 0) is 5.54 Å². The predicted octanol–water partition coefficient (Wildman–Crippen LogP) is 2.72. The number of aliphatic hydroxyl groups is 1. The molecule has 0 bridgehead atoms. The Labute approximate surface area is 107 Å². The largest absolute Gasteiger partial charge is 0.393 e. The average molecular weight is 262 g/mol. The summed E-state index contributed by atoms with van der Waals surface area (Å²) in [6.07, 6.45) is 1.36. The first-order valence-electron chi connectivity index (χ1n) is 5.29. The lowest BCUT2D eigenvalue weighted by molar-refractivity contribution is 0.0835. The van der Waals surface area contributed by atoms with Gasteiger partial charge < -0.3 is 10.4 Å². The normalized spacial score (nSPS) is 29.6. The van der Waals surface area contributed by atoms with E-state index < -0.39 is 0 Å². The van der Waals surface area contributed by atoms with Crippen LogP contribution in [-0.4, -0.2) is 17.8 Å². The van der Waals surface area contributed by atoms with Crippen LogP contribution >= 0.6 is 24.0 Å². The molecule has 2 nitrogen and oxygen atoms in total. The fourth-order valence-corrected chi connectivity index (χ4v) is 2.40. The average Bonchev–Trinajstić information content (AvgIpc) is 2.17. The molecule has 90 valence electrons. The standard InChI is InChI=1S/C12H16ClNO.ClH/c1-12(8-11(15)5-6-14-12)9-3-2-4-10(13)7-9;/h2-4,7,11,14-15H,5-6,8H2,1H3;1H. The third-order valence-electron chi connectivity index (χ3n) is 3.10. The molecule has 2 unspecified atom stereocenters. The predicted molar refractivity (Wildman–Crippen MR) is 69.3 cm³/mol. The molecule has 1 aromatic rings. The Hall–Kier alpha value is -0.280. The highest BCUT2D eigenvalue weighted by molar-refractivity contribution is 6.30. The zero-order chi connectivity index (χ0) is 10.9. The summed E-state index contributed by atoms with van der Waals surface area (Å²) in [6, 6.07) is 7.84. The van der Waals surface area contributed by atoms with Crippen LogP contribution in [0.15, 0.2) is 24.3 Å². The van der Waals surface area contributed by atoms with Crippen molar-refractivity contribution >= 4 is 24.0 Å². The topological polar surface area (TPSA) is 32.3 Å². The number of aliphatic hydroxyl groups excluding tert-OH is 1. The fourth-order valence-electron chi connectivity index (χ4n) is 2.21. The number of rotatable bonds is 1. The molecular weight excluding hydrogens is 245 g/mol. The Morgan fingerprint density at radius 2 is 2.25 bits per heavy atom. The van der Waals surface area contributed by atoms with E-state index in [1.807, 2.05) is 18.2 Å². The third-order valence-corrected chi connectivity index (χ3v) is 3.33. The lowest BCUT2D eigenvalue weighted by atomic mass is 9.83. The van der Waals surface area contributed by atoms with Crippen LogP contribution in [0.4, 0.5) is 0 Å². The van der Waals surface area contributed by atoms with Gasteiger partial charge in [0.15, 0.2) is 0 Å². The molecule has 1 saturated heterocycles. The van der Waals surface area contributed by atoms with E-state index in [9.17, 15) is 5.11 Å². The van der Waals surface area contributed by atoms with Crippen LogP contribution in [0.2, 0.25) is 5.02 Å². The molecule has 1 aliphatic heterocycles. The summed E-state index contributed by atoms with van der Waals surface area (Å²) in [5.41, 5.74) is 0.997. The van der Waals surface area contributed by atoms with Crippen LogP contribution in [0.3, 0.4) is 0 Å². The summed E-state index contributed by atoms with van der Waals surface area (Å²) in [5.74, 6) is 0. The van der Waals surface area contributed by atoms with Crippen LogP contribution in [0.25, 0.3) is 0 Å². The van der Waals surface area contributed by atoms with Gasteiger partial charge in [-0.3, -0.25) is 0 Å². The monoisotopic (exact) mass is 261 g/mol. The minimum Gasteiger partial charge on any atom is -0.393 e. The van der Waals surface area contributed by atoms with Gasteiger partial charge in [-0.25, -0.2) is 0 Å². The van der Waals surface area contributed by atoms with Gasteiger partial charge in [0.05, 0.1) is 6.10 Å². The number of hydrogen-bond donors (Lipinski definition) is 2. The maximum Gasteiger partial charge on any atom is 0.0573 e. The maximum atomic E-state index is 9.70. The van der Waals surface area contributed by atoms with E-state index in [4.69, 9.17) is 11.6 Å². The fraction of sp³-hybridized carbons (Fsp3) is 0.500. The molecule has 1 aliphatic rings. The van der Waals surface area contributed by atoms with Crippen molar-refractivity contribution in [2.75, 3.05) is 6.54 Å². The van der Waals surface area contributed by atoms with Crippen molar-refractivity contribution in [3.8, 4) is 0 Å². The molecule has 0 saturated carbocycles. The molecule has 0 spiro atoms. The smallest absolute Gasteiger partial charge is 0.0573 e. The molecular formula is C12H17Cl2NO. The van der Waals surface area contributed by atoms with Gasteiger partial charge in [-0.15, -0.1) is 12.4 Å². The van der Waals surface area contributed by atoms with E-state index in [1.54, 1.807) is 0 Å². The zero-order valence-electron chi connectivity index (χ0n) is 9.24. The van der Waals surface area contributed by atoms with Crippen LogP contribution in [0.1, 0.15) is 25.3 Å². The molecule has 0 radical (unpaired) electrons. The Morgan fingerprint density at radius 1 is 1.50 bits per heavy atom. The SMILES string of the molecule is CC1(c2cccc(Cl)c2)CC(O)CCN1.Cl. The first-order valence-corrected chi connectivity index (χ1v) is 5.67. The molecule has 1 aromatic carbocycles. The number of piperidine rings is 1. The van der Waals surface area contributed by atoms with Gasteiger partial charge in [-0.05, 0) is 44.0 Å². The first-order chi connectivity index (χ1) is 7.10. The van der Waals surface area contributed by atoms with E-state index >= 15 is 0 Å². The van der Waals surface area contributed by atoms with E-state index in [0.717, 1.165) is 30.0 Å². The van der Waals surface area contributed by atoms with Crippen molar-refractivity contribution in [1.82, 2.24) is 5.32 Å². The summed E-state index contributed by atoms with van der Waals surface area (Å²) in [5, 5.41) is 13.9. The van der Waals surface area contributed by atoms with Crippen LogP contribution < -0.4 is 5.32 Å². The maximum absolute atomic E-state index is 9.70. The first kappa shape index (κ1) is 13.8. The highest BCUT2D eigenvalue weighted by atomic mass is 35.5. The quantitative estimate of drug-likeness (QED) is 0.815. The van der Waals surface area contributed by atoms with Crippen molar-refractivity contribution in [3.63, 3.8) is 0 Å². The van der Waals surface area contributed by atoms with Gasteiger partial charge in [0.2, 0.25) is 0 Å². The van der Waals surface area contributed by atoms with Crippen molar-refractivity contribution in [2.24, 2.45) is 0 Å². The van der Waals surface area contributed by atoms with Crippen molar-refractivity contribution in [1.29, 1.82) is 0 Å². The molecule has 2 atom stereocenters. The van der Waals surface area contributed by atoms with Crippen molar-refractivity contribution in [3.05, 3.63) is 34.9 Å². The van der Waals surface area contributed by atoms with Crippen LogP contribution in [0, 0.1) is 0 Å². The van der Waals surface area contributed by atoms with E-state index in [0.29, 0.717) is 0 Å². The molecule has 2 N–H and O–H groups in total. The molecule has 1 heterocycles. The summed E-state index contributed by atoms with van der Waals surface area (Å²) >= 11 is 5.97. The summed E-state index contributed by atoms with van der Waals surface area (Å²) < 4.78 is 0. The number of benzene rings is 1. The van der Waals surface area contributed by atoms with E-state index in [2.05, 4.69) is 18.3 Å². The molecule has 4 heteroatoms. The van der Waals surface area contributed by atoms with Gasteiger partial charge in [-0.2, -0.15) is 0 Å². The number of halogens is 2. The Bertz CT molecular complexity index is 359. The van der Waals surface area contributed by atoms with Gasteiger partial charge in [0.25, 0.3) is 0 Å². The lowest BCUT2D eigenvalue weighted by Gasteiger charge is -2.38. The van der Waals surface area contributed by atoms with Crippen LogP contribution in [0.5, 0.6) is 0 Å². The van der Waals surface area contributed by atoms with E-state index in [1.165, 1.54) is 0 Å². The molecule has 16 heavy (non-hydrogen) atoms. The molecule has 0 aliphatic carbocycles. The highest BCUT2D eigenvalue weighted by Crippen LogP contribution is 2.31. The van der Waals surface area contributed by atoms with Gasteiger partial charge in [-0.1, -0.05) is 23.7 Å². The molecule has 1 fully saturated rings. The van der Waals surface area contributed by atoms with Gasteiger partial charge >= 0.3 is 0 Å². The lowest BCUT2D eigenvalue weighted by Crippen LogP contribution is -2.47. The van der Waals surface area contributed by atoms with Gasteiger partial charge in [0, 0.05) is 10.6 Å². The minimum atomic E-state index is -0.213. The molecule has 0 amide bonds.